The van der Waals surface area contributed by atoms with E-state index in [2.05, 4.69) is 4.18 Å². The topological polar surface area (TPSA) is 55.8 Å². The lowest BCUT2D eigenvalue weighted by Crippen LogP contribution is -2.37. The lowest BCUT2D eigenvalue weighted by atomic mass is 10.2. The highest BCUT2D eigenvalue weighted by atomic mass is 32.2. The maximum absolute atomic E-state index is 12.2. The van der Waals surface area contributed by atoms with Crippen LogP contribution in [0.2, 0.25) is 0 Å². The summed E-state index contributed by atoms with van der Waals surface area (Å²) in [5, 5.41) is 0. The zero-order chi connectivity index (χ0) is 16.3. The van der Waals surface area contributed by atoms with Gasteiger partial charge in [0.2, 0.25) is 0 Å². The summed E-state index contributed by atoms with van der Waals surface area (Å²) in [6, 6.07) is 0. The van der Waals surface area contributed by atoms with Gasteiger partial charge < -0.3 is 13.8 Å². The quantitative estimate of drug-likeness (QED) is 0.781. The van der Waals surface area contributed by atoms with Gasteiger partial charge >= 0.3 is 22.7 Å². The molecular weight excluding hydrogens is 311 g/mol. The first-order chi connectivity index (χ1) is 9.49. The first kappa shape index (κ1) is 17.8. The van der Waals surface area contributed by atoms with Gasteiger partial charge in [0.1, 0.15) is 11.4 Å². The smallest absolute Gasteiger partial charge is 0.444 e. The van der Waals surface area contributed by atoms with Crippen molar-refractivity contribution in [3.05, 3.63) is 11.8 Å². The van der Waals surface area contributed by atoms with Crippen LogP contribution in [0.15, 0.2) is 11.8 Å². The average molecular weight is 329 g/mol. The van der Waals surface area contributed by atoms with Crippen molar-refractivity contribution < 1.29 is 31.1 Å². The number of nitrogens with zero attached hydrogens (tertiary/aromatic N) is 1. The summed E-state index contributed by atoms with van der Waals surface area (Å²) in [5.41, 5.74) is -5.56. The van der Waals surface area contributed by atoms with E-state index in [-0.39, 0.29) is 18.7 Å². The molecular formula is C12H18F3NO4S. The molecule has 0 saturated heterocycles. The van der Waals surface area contributed by atoms with Crippen molar-refractivity contribution >= 4 is 17.2 Å². The van der Waals surface area contributed by atoms with Crippen molar-refractivity contribution in [3.8, 4) is 0 Å². The third kappa shape index (κ3) is 6.36. The summed E-state index contributed by atoms with van der Waals surface area (Å²) >= 11 is -3.38. The van der Waals surface area contributed by atoms with E-state index in [0.717, 1.165) is 0 Å². The number of ether oxygens (including phenoxy) is 1. The Kier molecular flexibility index (Phi) is 5.66. The zero-order valence-electron chi connectivity index (χ0n) is 12.0. The Morgan fingerprint density at radius 1 is 1.29 bits per heavy atom. The fraction of sp³-hybridized carbons (Fsp3) is 0.750. The Labute approximate surface area is 123 Å². The summed E-state index contributed by atoms with van der Waals surface area (Å²) < 4.78 is 56.9. The van der Waals surface area contributed by atoms with E-state index in [1.807, 2.05) is 0 Å². The highest BCUT2D eigenvalue weighted by Crippen LogP contribution is 2.25. The first-order valence-electron chi connectivity index (χ1n) is 6.33. The van der Waals surface area contributed by atoms with Crippen molar-refractivity contribution in [1.29, 1.82) is 0 Å². The number of alkyl halides is 3. The maximum atomic E-state index is 12.2. The Hall–Kier alpha value is -1.25. The molecule has 1 aliphatic rings. The Morgan fingerprint density at radius 2 is 1.90 bits per heavy atom. The third-order valence-electron chi connectivity index (χ3n) is 2.42. The van der Waals surface area contributed by atoms with E-state index in [1.54, 1.807) is 20.8 Å². The first-order valence-corrected chi connectivity index (χ1v) is 7.40. The molecule has 0 aliphatic carbocycles. The Balaban J connectivity index is 2.55. The minimum absolute atomic E-state index is 0.0308. The van der Waals surface area contributed by atoms with Gasteiger partial charge in [-0.3, -0.25) is 0 Å². The van der Waals surface area contributed by atoms with Gasteiger partial charge in [0.05, 0.1) is 0 Å². The summed E-state index contributed by atoms with van der Waals surface area (Å²) in [4.78, 5) is 13.2. The van der Waals surface area contributed by atoms with Gasteiger partial charge in [0.15, 0.2) is 0 Å². The minimum Gasteiger partial charge on any atom is -0.444 e. The number of amides is 1. The predicted octanol–water partition coefficient (Wildman–Crippen LogP) is 3.10. The zero-order valence-corrected chi connectivity index (χ0v) is 12.8. The van der Waals surface area contributed by atoms with Gasteiger partial charge in [-0.25, -0.2) is 9.00 Å². The number of carbonyl (C=O) groups is 1. The standard InChI is InChI=1S/C12H18F3NO4S/c1-11(2,3)19-10(17)16-7-4-5-9(6-8-16)20-21(18)12(13,14)15/h5H,4,6-8H2,1-3H3. The van der Waals surface area contributed by atoms with Crippen LogP contribution in [0.1, 0.15) is 33.6 Å². The molecule has 1 aliphatic heterocycles. The van der Waals surface area contributed by atoms with E-state index in [9.17, 15) is 22.2 Å². The van der Waals surface area contributed by atoms with Crippen molar-refractivity contribution in [2.45, 2.75) is 44.7 Å². The molecule has 0 N–H and O–H groups in total. The fourth-order valence-corrected chi connectivity index (χ4v) is 2.01. The molecule has 0 spiro atoms. The molecule has 0 bridgehead atoms. The largest absolute Gasteiger partial charge is 0.508 e. The summed E-state index contributed by atoms with van der Waals surface area (Å²) in [7, 11) is 0. The van der Waals surface area contributed by atoms with Gasteiger partial charge in [-0.15, -0.1) is 0 Å². The maximum Gasteiger partial charge on any atom is 0.508 e. The van der Waals surface area contributed by atoms with E-state index in [1.165, 1.54) is 11.0 Å². The van der Waals surface area contributed by atoms with Crippen LogP contribution in [0.5, 0.6) is 0 Å². The summed E-state index contributed by atoms with van der Waals surface area (Å²) in [6.45, 7) is 5.63. The van der Waals surface area contributed by atoms with E-state index in [0.29, 0.717) is 13.0 Å². The fourth-order valence-electron chi connectivity index (χ4n) is 1.57. The van der Waals surface area contributed by atoms with Crippen LogP contribution < -0.4 is 0 Å². The van der Waals surface area contributed by atoms with Crippen molar-refractivity contribution in [3.63, 3.8) is 0 Å². The molecule has 1 atom stereocenters. The molecule has 0 aromatic heterocycles. The third-order valence-corrected chi connectivity index (χ3v) is 3.17. The molecule has 1 heterocycles. The van der Waals surface area contributed by atoms with Crippen LogP contribution in [0, 0.1) is 0 Å². The Bertz CT molecular complexity index is 443. The SMILES string of the molecule is CC(C)(C)OC(=O)N1CCC=C(OS(=O)C(F)(F)F)CC1. The van der Waals surface area contributed by atoms with Crippen LogP contribution >= 0.6 is 0 Å². The summed E-state index contributed by atoms with van der Waals surface area (Å²) in [5.74, 6) is -0.0308. The molecule has 1 amide bonds. The second-order valence-corrected chi connectivity index (χ2v) is 6.54. The molecule has 0 radical (unpaired) electrons. The van der Waals surface area contributed by atoms with Crippen LogP contribution in [0.3, 0.4) is 0 Å². The molecule has 122 valence electrons. The molecule has 21 heavy (non-hydrogen) atoms. The number of carbonyl (C=O) groups excluding carboxylic acids is 1. The number of hydrogen-bond donors (Lipinski definition) is 0. The normalized spacial score (nSPS) is 18.6. The minimum atomic E-state index is -4.92. The van der Waals surface area contributed by atoms with Gasteiger partial charge in [0, 0.05) is 19.5 Å². The monoisotopic (exact) mass is 329 g/mol. The number of rotatable bonds is 2. The molecule has 0 aromatic rings. The molecule has 1 rings (SSSR count). The summed E-state index contributed by atoms with van der Waals surface area (Å²) in [6.07, 6.45) is 1.24. The highest BCUT2D eigenvalue weighted by molar-refractivity contribution is 7.81. The van der Waals surface area contributed by atoms with E-state index in [4.69, 9.17) is 4.74 Å². The van der Waals surface area contributed by atoms with Crippen LogP contribution in [0.25, 0.3) is 0 Å². The molecule has 0 saturated carbocycles. The van der Waals surface area contributed by atoms with Crippen molar-refractivity contribution in [2.75, 3.05) is 13.1 Å². The number of halogens is 3. The van der Waals surface area contributed by atoms with Crippen molar-refractivity contribution in [2.24, 2.45) is 0 Å². The molecule has 5 nitrogen and oxygen atoms in total. The highest BCUT2D eigenvalue weighted by Gasteiger charge is 2.40. The van der Waals surface area contributed by atoms with Crippen LogP contribution in [0.4, 0.5) is 18.0 Å². The number of hydrogen-bond acceptors (Lipinski definition) is 4. The van der Waals surface area contributed by atoms with Gasteiger partial charge in [-0.05, 0) is 33.3 Å². The van der Waals surface area contributed by atoms with Crippen LogP contribution in [-0.2, 0) is 20.0 Å². The van der Waals surface area contributed by atoms with Gasteiger partial charge in [-0.1, -0.05) is 0 Å². The van der Waals surface area contributed by atoms with Crippen molar-refractivity contribution in [1.82, 2.24) is 4.90 Å². The van der Waals surface area contributed by atoms with Gasteiger partial charge in [0.25, 0.3) is 0 Å². The second kappa shape index (κ2) is 6.67. The molecule has 1 unspecified atom stereocenters. The molecule has 0 fully saturated rings. The van der Waals surface area contributed by atoms with Crippen LogP contribution in [-0.4, -0.2) is 39.4 Å². The molecule has 9 heteroatoms. The lowest BCUT2D eigenvalue weighted by molar-refractivity contribution is -0.0457. The van der Waals surface area contributed by atoms with E-state index < -0.39 is 28.3 Å². The van der Waals surface area contributed by atoms with E-state index >= 15 is 0 Å². The second-order valence-electron chi connectivity index (χ2n) is 5.44. The predicted molar refractivity (Wildman–Crippen MR) is 70.4 cm³/mol. The van der Waals surface area contributed by atoms with Gasteiger partial charge in [-0.2, -0.15) is 13.2 Å². The molecule has 0 aromatic carbocycles. The average Bonchev–Trinajstić information content (AvgIpc) is 2.51. The lowest BCUT2D eigenvalue weighted by Gasteiger charge is -2.26. The Morgan fingerprint density at radius 3 is 2.43 bits per heavy atom.